The van der Waals surface area contributed by atoms with Crippen molar-refractivity contribution in [2.24, 2.45) is 0 Å². The van der Waals surface area contributed by atoms with Crippen LogP contribution in [-0.4, -0.2) is 16.8 Å². The summed E-state index contributed by atoms with van der Waals surface area (Å²) in [4.78, 5) is 1.04. The Balaban J connectivity index is 2.37. The molecule has 1 aromatic rings. The van der Waals surface area contributed by atoms with E-state index in [1.54, 1.807) is 16.9 Å². The third-order valence-corrected chi connectivity index (χ3v) is 3.73. The Morgan fingerprint density at radius 2 is 2.23 bits per heavy atom. The van der Waals surface area contributed by atoms with E-state index in [9.17, 15) is 5.11 Å². The first-order chi connectivity index (χ1) is 6.31. The minimum Gasteiger partial charge on any atom is -0.506 e. The molecule has 70 valence electrons. The molecule has 1 heterocycles. The number of aliphatic hydroxyl groups is 1. The second-order valence-corrected chi connectivity index (χ2v) is 4.71. The molecule has 1 aliphatic rings. The predicted molar refractivity (Wildman–Crippen MR) is 56.0 cm³/mol. The van der Waals surface area contributed by atoms with Gasteiger partial charge in [0.2, 0.25) is 0 Å². The van der Waals surface area contributed by atoms with Crippen molar-refractivity contribution in [1.29, 1.82) is 0 Å². The molecule has 0 aliphatic carbocycles. The highest BCUT2D eigenvalue weighted by Crippen LogP contribution is 2.49. The Morgan fingerprint density at radius 1 is 1.38 bits per heavy atom. The van der Waals surface area contributed by atoms with Crippen LogP contribution >= 0.6 is 21.8 Å². The van der Waals surface area contributed by atoms with Gasteiger partial charge in [0.15, 0.2) is 0 Å². The maximum Gasteiger partial charge on any atom is 0.141 e. The lowest BCUT2D eigenvalue weighted by Crippen LogP contribution is -1.91. The Hall–Kier alpha value is -0.520. The van der Waals surface area contributed by atoms with Crippen LogP contribution in [0.4, 0.5) is 5.69 Å². The molecule has 0 aromatic heterocycles. The highest BCUT2D eigenvalue weighted by Gasteiger charge is 2.16. The summed E-state index contributed by atoms with van der Waals surface area (Å²) in [5, 5.41) is 18.3. The van der Waals surface area contributed by atoms with Crippen molar-refractivity contribution in [3.63, 3.8) is 0 Å². The lowest BCUT2D eigenvalue weighted by molar-refractivity contribution is 0.299. The van der Waals surface area contributed by atoms with Gasteiger partial charge in [-0.25, -0.2) is 0 Å². The number of anilines is 1. The number of phenols is 1. The van der Waals surface area contributed by atoms with Gasteiger partial charge in [0.05, 0.1) is 0 Å². The molecule has 0 fully saturated rings. The van der Waals surface area contributed by atoms with Crippen molar-refractivity contribution in [2.75, 3.05) is 11.3 Å². The zero-order valence-electron chi connectivity index (χ0n) is 6.78. The van der Waals surface area contributed by atoms with Crippen molar-refractivity contribution >= 4 is 27.5 Å². The predicted octanol–water partition coefficient (Wildman–Crippen LogP) is 2.01. The Labute approximate surface area is 84.1 Å². The van der Waals surface area contributed by atoms with Crippen molar-refractivity contribution in [1.82, 2.24) is 0 Å². The summed E-state index contributed by atoms with van der Waals surface area (Å²) >= 11 is 0. The standard InChI is InChI=1S/C8H9NO2S2/c10-2-1-5-3-6(11)8-7(4-5)12-13-9-8/h3-4,9-11H,1-2H2. The summed E-state index contributed by atoms with van der Waals surface area (Å²) in [6, 6.07) is 3.68. The van der Waals surface area contributed by atoms with Crippen molar-refractivity contribution in [3.8, 4) is 5.75 Å². The molecule has 1 aliphatic heterocycles. The summed E-state index contributed by atoms with van der Waals surface area (Å²) < 4.78 is 3.00. The van der Waals surface area contributed by atoms with Crippen LogP contribution in [-0.2, 0) is 6.42 Å². The van der Waals surface area contributed by atoms with Gasteiger partial charge >= 0.3 is 0 Å². The SMILES string of the molecule is OCCc1cc(O)c2c(c1)SSN2. The van der Waals surface area contributed by atoms with Crippen LogP contribution in [0.15, 0.2) is 17.0 Å². The Morgan fingerprint density at radius 3 is 3.00 bits per heavy atom. The molecule has 3 nitrogen and oxygen atoms in total. The summed E-state index contributed by atoms with van der Waals surface area (Å²) in [5.74, 6) is 0.262. The molecule has 0 amide bonds. The van der Waals surface area contributed by atoms with Crippen LogP contribution in [0.1, 0.15) is 5.56 Å². The molecule has 0 unspecified atom stereocenters. The molecular weight excluding hydrogens is 206 g/mol. The van der Waals surface area contributed by atoms with Crippen LogP contribution in [0.5, 0.6) is 5.75 Å². The van der Waals surface area contributed by atoms with E-state index in [1.807, 2.05) is 6.07 Å². The Bertz CT molecular complexity index is 330. The minimum absolute atomic E-state index is 0.115. The van der Waals surface area contributed by atoms with Crippen LogP contribution in [0.25, 0.3) is 0 Å². The molecule has 0 spiro atoms. The molecule has 3 N–H and O–H groups in total. The van der Waals surface area contributed by atoms with Crippen molar-refractivity contribution in [2.45, 2.75) is 11.3 Å². The molecular formula is C8H9NO2S2. The van der Waals surface area contributed by atoms with Crippen LogP contribution in [0.3, 0.4) is 0 Å². The lowest BCUT2D eigenvalue weighted by Gasteiger charge is -2.04. The number of fused-ring (bicyclic) bond motifs is 1. The van der Waals surface area contributed by atoms with Gasteiger partial charge in [-0.15, -0.1) is 0 Å². The molecule has 13 heavy (non-hydrogen) atoms. The lowest BCUT2D eigenvalue weighted by atomic mass is 10.1. The molecule has 5 heteroatoms. The topological polar surface area (TPSA) is 52.5 Å². The first kappa shape index (κ1) is 9.05. The fourth-order valence-corrected chi connectivity index (χ4v) is 3.18. The van der Waals surface area contributed by atoms with Gasteiger partial charge in [-0.1, -0.05) is 0 Å². The summed E-state index contributed by atoms with van der Waals surface area (Å²) in [7, 11) is 3.07. The summed E-state index contributed by atoms with van der Waals surface area (Å²) in [6.45, 7) is 0.115. The maximum atomic E-state index is 9.57. The van der Waals surface area contributed by atoms with Gasteiger partial charge in [-0.2, -0.15) is 0 Å². The quantitative estimate of drug-likeness (QED) is 0.400. The number of hydrogen-bond donors (Lipinski definition) is 3. The normalized spacial score (nSPS) is 13.9. The molecule has 0 bridgehead atoms. The van der Waals surface area contributed by atoms with Crippen LogP contribution < -0.4 is 4.72 Å². The maximum absolute atomic E-state index is 9.57. The number of phenolic OH excluding ortho intramolecular Hbond substituents is 1. The molecule has 0 atom stereocenters. The summed E-state index contributed by atoms with van der Waals surface area (Å²) in [5.41, 5.74) is 1.76. The van der Waals surface area contributed by atoms with Gasteiger partial charge in [0, 0.05) is 22.5 Å². The van der Waals surface area contributed by atoms with Gasteiger partial charge < -0.3 is 14.9 Å². The second kappa shape index (κ2) is 3.69. The van der Waals surface area contributed by atoms with E-state index in [2.05, 4.69) is 4.72 Å². The van der Waals surface area contributed by atoms with Crippen molar-refractivity contribution < 1.29 is 10.2 Å². The van der Waals surface area contributed by atoms with E-state index in [-0.39, 0.29) is 12.4 Å². The number of aromatic hydroxyl groups is 1. The number of aliphatic hydroxyl groups excluding tert-OH is 1. The van der Waals surface area contributed by atoms with E-state index in [0.29, 0.717) is 6.42 Å². The smallest absolute Gasteiger partial charge is 0.141 e. The third-order valence-electron chi connectivity index (χ3n) is 1.82. The average molecular weight is 215 g/mol. The monoisotopic (exact) mass is 215 g/mol. The Kier molecular flexibility index (Phi) is 2.57. The first-order valence-corrected chi connectivity index (χ1v) is 6.02. The van der Waals surface area contributed by atoms with E-state index >= 15 is 0 Å². The molecule has 2 rings (SSSR count). The number of benzene rings is 1. The van der Waals surface area contributed by atoms with E-state index in [0.717, 1.165) is 16.1 Å². The number of hydrogen-bond acceptors (Lipinski definition) is 5. The van der Waals surface area contributed by atoms with E-state index < -0.39 is 0 Å². The van der Waals surface area contributed by atoms with Crippen LogP contribution in [0.2, 0.25) is 0 Å². The van der Waals surface area contributed by atoms with E-state index in [4.69, 9.17) is 5.11 Å². The molecule has 0 radical (unpaired) electrons. The minimum atomic E-state index is 0.115. The largest absolute Gasteiger partial charge is 0.506 e. The highest BCUT2D eigenvalue weighted by molar-refractivity contribution is 8.77. The molecule has 0 saturated heterocycles. The van der Waals surface area contributed by atoms with E-state index in [1.165, 1.54) is 11.0 Å². The van der Waals surface area contributed by atoms with Crippen LogP contribution in [0, 0.1) is 0 Å². The van der Waals surface area contributed by atoms with Gasteiger partial charge in [-0.3, -0.25) is 0 Å². The van der Waals surface area contributed by atoms with Gasteiger partial charge in [0.1, 0.15) is 11.4 Å². The first-order valence-electron chi connectivity index (χ1n) is 3.87. The second-order valence-electron chi connectivity index (χ2n) is 2.73. The number of nitrogens with one attached hydrogen (secondary N) is 1. The fraction of sp³-hybridized carbons (Fsp3) is 0.250. The highest BCUT2D eigenvalue weighted by atomic mass is 33.1. The number of rotatable bonds is 2. The zero-order chi connectivity index (χ0) is 9.26. The summed E-state index contributed by atoms with van der Waals surface area (Å²) in [6.07, 6.45) is 0.589. The molecule has 0 saturated carbocycles. The van der Waals surface area contributed by atoms with Gasteiger partial charge in [-0.05, 0) is 34.9 Å². The van der Waals surface area contributed by atoms with Crippen molar-refractivity contribution in [3.05, 3.63) is 17.7 Å². The molecule has 1 aromatic carbocycles. The fourth-order valence-electron chi connectivity index (χ4n) is 1.21. The zero-order valence-corrected chi connectivity index (χ0v) is 8.41. The van der Waals surface area contributed by atoms with Gasteiger partial charge in [0.25, 0.3) is 0 Å². The third kappa shape index (κ3) is 1.72. The average Bonchev–Trinajstić information content (AvgIpc) is 2.53.